The Morgan fingerprint density at radius 2 is 1.69 bits per heavy atom. The molecule has 0 spiro atoms. The Morgan fingerprint density at radius 3 is 2.19 bits per heavy atom. The third-order valence-corrected chi connectivity index (χ3v) is 5.14. The smallest absolute Gasteiger partial charge is 0.220 e. The van der Waals surface area contributed by atoms with Gasteiger partial charge in [-0.25, -0.2) is 0 Å². The lowest BCUT2D eigenvalue weighted by atomic mass is 9.92. The molecule has 2 aromatic rings. The van der Waals surface area contributed by atoms with Gasteiger partial charge in [-0.2, -0.15) is 15.1 Å². The highest BCUT2D eigenvalue weighted by atomic mass is 35.5. The molecule has 26 heavy (non-hydrogen) atoms. The Kier molecular flexibility index (Phi) is 7.11. The van der Waals surface area contributed by atoms with Crippen molar-refractivity contribution in [2.45, 2.75) is 31.2 Å². The maximum absolute atomic E-state index is 5.89. The lowest BCUT2D eigenvalue weighted by molar-refractivity contribution is 0.364. The maximum atomic E-state index is 5.89. The van der Waals surface area contributed by atoms with Gasteiger partial charge in [0.15, 0.2) is 5.16 Å². The highest BCUT2D eigenvalue weighted by Gasteiger charge is 2.26. The normalized spacial score (nSPS) is 12.8. The van der Waals surface area contributed by atoms with Crippen LogP contribution in [0.25, 0.3) is 0 Å². The van der Waals surface area contributed by atoms with Crippen LogP contribution in [0.4, 0.5) is 5.69 Å². The quantitative estimate of drug-likeness (QED) is 0.316. The van der Waals surface area contributed by atoms with Crippen molar-refractivity contribution in [1.82, 2.24) is 9.97 Å². The number of nitrogens with zero attached hydrogens (tertiary/aromatic N) is 3. The first-order valence-corrected chi connectivity index (χ1v) is 9.26. The zero-order chi connectivity index (χ0) is 19.2. The zero-order valence-corrected chi connectivity index (χ0v) is 17.1. The number of aromatic nitrogens is 2. The van der Waals surface area contributed by atoms with Crippen molar-refractivity contribution in [3.05, 3.63) is 35.4 Å². The molecular weight excluding hydrogens is 372 g/mol. The summed E-state index contributed by atoms with van der Waals surface area (Å²) < 4.78 is 10.4. The van der Waals surface area contributed by atoms with Crippen LogP contribution in [0.3, 0.4) is 0 Å². The van der Waals surface area contributed by atoms with Gasteiger partial charge in [-0.15, -0.1) is 0 Å². The highest BCUT2D eigenvalue weighted by Crippen LogP contribution is 2.34. The molecule has 1 atom stereocenters. The molecular formula is C18H23ClN4O2S. The van der Waals surface area contributed by atoms with E-state index < -0.39 is 0 Å². The minimum atomic E-state index is -0.0600. The van der Waals surface area contributed by atoms with Crippen LogP contribution in [0.5, 0.6) is 11.8 Å². The van der Waals surface area contributed by atoms with E-state index in [9.17, 15) is 0 Å². The van der Waals surface area contributed by atoms with Crippen molar-refractivity contribution in [2.24, 2.45) is 10.5 Å². The van der Waals surface area contributed by atoms with E-state index in [4.69, 9.17) is 21.1 Å². The summed E-state index contributed by atoms with van der Waals surface area (Å²) >= 11 is 7.39. The SMILES string of the molecule is COc1cc(OC)nc(SC(/C=N/Nc2ccc(Cl)cc2)C(C)(C)C)n1. The van der Waals surface area contributed by atoms with Crippen molar-refractivity contribution in [1.29, 1.82) is 0 Å². The van der Waals surface area contributed by atoms with Gasteiger partial charge in [-0.1, -0.05) is 44.1 Å². The Labute approximate surface area is 163 Å². The molecule has 140 valence electrons. The Hall–Kier alpha value is -1.99. The molecule has 0 aliphatic rings. The largest absolute Gasteiger partial charge is 0.481 e. The third-order valence-electron chi connectivity index (χ3n) is 3.41. The number of hydrogen-bond donors (Lipinski definition) is 1. The van der Waals surface area contributed by atoms with Gasteiger partial charge < -0.3 is 9.47 Å². The lowest BCUT2D eigenvalue weighted by Crippen LogP contribution is -2.25. The molecule has 0 aliphatic heterocycles. The monoisotopic (exact) mass is 394 g/mol. The molecule has 0 amide bonds. The van der Waals surface area contributed by atoms with Gasteiger partial charge in [0.05, 0.1) is 31.2 Å². The number of hydrazone groups is 1. The number of rotatable bonds is 7. The Bertz CT molecular complexity index is 726. The van der Waals surface area contributed by atoms with E-state index in [1.807, 2.05) is 30.5 Å². The zero-order valence-electron chi connectivity index (χ0n) is 15.5. The van der Waals surface area contributed by atoms with Crippen LogP contribution >= 0.6 is 23.4 Å². The van der Waals surface area contributed by atoms with Gasteiger partial charge in [-0.3, -0.25) is 5.43 Å². The van der Waals surface area contributed by atoms with Crippen LogP contribution in [0, 0.1) is 5.41 Å². The lowest BCUT2D eigenvalue weighted by Gasteiger charge is -2.26. The van der Waals surface area contributed by atoms with E-state index in [-0.39, 0.29) is 10.7 Å². The Balaban J connectivity index is 2.15. The van der Waals surface area contributed by atoms with Crippen LogP contribution in [-0.4, -0.2) is 35.7 Å². The predicted octanol–water partition coefficient (Wildman–Crippen LogP) is 4.75. The molecule has 0 aliphatic carbocycles. The minimum absolute atomic E-state index is 0.0270. The summed E-state index contributed by atoms with van der Waals surface area (Å²) in [6.07, 6.45) is 1.86. The number of benzene rings is 1. The second kappa shape index (κ2) is 9.09. The molecule has 0 saturated carbocycles. The summed E-state index contributed by atoms with van der Waals surface area (Å²) in [4.78, 5) is 8.76. The number of anilines is 1. The third kappa shape index (κ3) is 6.07. The first-order chi connectivity index (χ1) is 12.3. The summed E-state index contributed by atoms with van der Waals surface area (Å²) in [6, 6.07) is 9.01. The van der Waals surface area contributed by atoms with E-state index in [0.29, 0.717) is 21.9 Å². The van der Waals surface area contributed by atoms with Crippen LogP contribution in [0.2, 0.25) is 5.02 Å². The van der Waals surface area contributed by atoms with Gasteiger partial charge >= 0.3 is 0 Å². The molecule has 1 heterocycles. The average Bonchev–Trinajstić information content (AvgIpc) is 2.61. The van der Waals surface area contributed by atoms with Crippen LogP contribution in [0.15, 0.2) is 40.6 Å². The standard InChI is InChI=1S/C18H23ClN4O2S/c1-18(2,3)14(11-20-23-13-8-6-12(19)7-9-13)26-17-21-15(24-4)10-16(22-17)25-5/h6-11,14,23H,1-5H3/b20-11+. The number of methoxy groups -OCH3 is 2. The second-order valence-electron chi connectivity index (χ2n) is 6.54. The maximum Gasteiger partial charge on any atom is 0.220 e. The van der Waals surface area contributed by atoms with Gasteiger partial charge in [0.25, 0.3) is 0 Å². The van der Waals surface area contributed by atoms with E-state index in [0.717, 1.165) is 5.69 Å². The summed E-state index contributed by atoms with van der Waals surface area (Å²) in [5.41, 5.74) is 3.82. The number of nitrogens with one attached hydrogen (secondary N) is 1. The molecule has 0 saturated heterocycles. The fourth-order valence-corrected chi connectivity index (χ4v) is 3.01. The van der Waals surface area contributed by atoms with E-state index in [1.165, 1.54) is 11.8 Å². The molecule has 0 radical (unpaired) electrons. The molecule has 6 nitrogen and oxygen atoms in total. The van der Waals surface area contributed by atoms with Gasteiger partial charge in [0.1, 0.15) is 0 Å². The molecule has 1 unspecified atom stereocenters. The molecule has 1 N–H and O–H groups in total. The van der Waals surface area contributed by atoms with Gasteiger partial charge in [0.2, 0.25) is 11.8 Å². The van der Waals surface area contributed by atoms with Crippen molar-refractivity contribution in [2.75, 3.05) is 19.6 Å². The van der Waals surface area contributed by atoms with Gasteiger partial charge in [0, 0.05) is 11.2 Å². The first kappa shape index (κ1) is 20.3. The second-order valence-corrected chi connectivity index (χ2v) is 8.08. The van der Waals surface area contributed by atoms with Crippen LogP contribution in [0.1, 0.15) is 20.8 Å². The molecule has 1 aromatic heterocycles. The van der Waals surface area contributed by atoms with Crippen LogP contribution < -0.4 is 14.9 Å². The van der Waals surface area contributed by atoms with E-state index in [1.54, 1.807) is 20.3 Å². The van der Waals surface area contributed by atoms with Crippen molar-refractivity contribution < 1.29 is 9.47 Å². The van der Waals surface area contributed by atoms with Crippen molar-refractivity contribution >= 4 is 35.3 Å². The average molecular weight is 395 g/mol. The fourth-order valence-electron chi connectivity index (χ4n) is 1.89. The van der Waals surface area contributed by atoms with Gasteiger partial charge in [-0.05, 0) is 29.7 Å². The molecule has 1 aromatic carbocycles. The topological polar surface area (TPSA) is 68.6 Å². The van der Waals surface area contributed by atoms with E-state index >= 15 is 0 Å². The summed E-state index contributed by atoms with van der Waals surface area (Å²) in [5.74, 6) is 0.923. The number of hydrogen-bond acceptors (Lipinski definition) is 7. The number of thioether (sulfide) groups is 1. The predicted molar refractivity (Wildman–Crippen MR) is 108 cm³/mol. The minimum Gasteiger partial charge on any atom is -0.481 e. The Morgan fingerprint density at radius 1 is 1.12 bits per heavy atom. The van der Waals surface area contributed by atoms with Crippen LogP contribution in [-0.2, 0) is 0 Å². The molecule has 8 heteroatoms. The number of halogens is 1. The molecule has 0 fully saturated rings. The summed E-state index contributed by atoms with van der Waals surface area (Å²) in [7, 11) is 3.13. The number of ether oxygens (including phenoxy) is 2. The highest BCUT2D eigenvalue weighted by molar-refractivity contribution is 8.00. The first-order valence-electron chi connectivity index (χ1n) is 8.00. The fraction of sp³-hybridized carbons (Fsp3) is 0.389. The van der Waals surface area contributed by atoms with E-state index in [2.05, 4.69) is 41.3 Å². The van der Waals surface area contributed by atoms with Crippen molar-refractivity contribution in [3.8, 4) is 11.8 Å². The molecule has 2 rings (SSSR count). The summed E-state index contributed by atoms with van der Waals surface area (Å²) in [5, 5.41) is 5.64. The van der Waals surface area contributed by atoms with Crippen molar-refractivity contribution in [3.63, 3.8) is 0 Å². The molecule has 0 bridgehead atoms. The summed E-state index contributed by atoms with van der Waals surface area (Å²) in [6.45, 7) is 6.41.